The summed E-state index contributed by atoms with van der Waals surface area (Å²) in [5.74, 6) is -0.0617. The van der Waals surface area contributed by atoms with Crippen LogP contribution >= 0.6 is 0 Å². The van der Waals surface area contributed by atoms with E-state index in [0.29, 0.717) is 17.7 Å². The van der Waals surface area contributed by atoms with Gasteiger partial charge in [-0.1, -0.05) is 30.3 Å². The van der Waals surface area contributed by atoms with Gasteiger partial charge in [0.2, 0.25) is 5.91 Å². The Morgan fingerprint density at radius 1 is 1.05 bits per heavy atom. The molecule has 0 radical (unpaired) electrons. The van der Waals surface area contributed by atoms with Crippen molar-refractivity contribution in [1.82, 2.24) is 0 Å². The molecule has 1 amide bonds. The Labute approximate surface area is 130 Å². The molecule has 22 heavy (non-hydrogen) atoms. The minimum Gasteiger partial charge on any atom is -0.326 e. The quantitative estimate of drug-likeness (QED) is 0.876. The van der Waals surface area contributed by atoms with Gasteiger partial charge in [-0.05, 0) is 55.0 Å². The monoisotopic (exact) mass is 293 g/mol. The van der Waals surface area contributed by atoms with Gasteiger partial charge in [-0.25, -0.2) is 0 Å². The number of benzene rings is 2. The third kappa shape index (κ3) is 3.25. The van der Waals surface area contributed by atoms with Crippen molar-refractivity contribution in [2.24, 2.45) is 0 Å². The van der Waals surface area contributed by atoms with Crippen LogP contribution in [0.25, 0.3) is 0 Å². The lowest BCUT2D eigenvalue weighted by molar-refractivity contribution is -0.115. The molecule has 0 saturated heterocycles. The van der Waals surface area contributed by atoms with Crippen LogP contribution in [0.5, 0.6) is 0 Å². The standard InChI is InChI=1S/C19H19NO2/c1-13(21)16-5-3-7-18(12-16)20-19(22)11-14-8-9-15-4-2-6-17(15)10-14/h3,5,7-10,12H,2,4,6,11H2,1H3,(H,20,22). The van der Waals surface area contributed by atoms with Gasteiger partial charge in [0, 0.05) is 11.3 Å². The normalized spacial score (nSPS) is 12.8. The third-order valence-electron chi connectivity index (χ3n) is 4.08. The average Bonchev–Trinajstić information content (AvgIpc) is 2.95. The number of amides is 1. The summed E-state index contributed by atoms with van der Waals surface area (Å²) < 4.78 is 0. The molecule has 0 unspecified atom stereocenters. The summed E-state index contributed by atoms with van der Waals surface area (Å²) in [5, 5.41) is 2.86. The van der Waals surface area contributed by atoms with Gasteiger partial charge in [-0.3, -0.25) is 9.59 Å². The first kappa shape index (κ1) is 14.5. The molecule has 2 aromatic rings. The van der Waals surface area contributed by atoms with E-state index in [0.717, 1.165) is 18.4 Å². The van der Waals surface area contributed by atoms with Crippen molar-refractivity contribution >= 4 is 17.4 Å². The van der Waals surface area contributed by atoms with E-state index in [2.05, 4.69) is 17.4 Å². The zero-order valence-electron chi connectivity index (χ0n) is 12.7. The molecule has 3 heteroatoms. The van der Waals surface area contributed by atoms with Gasteiger partial charge >= 0.3 is 0 Å². The van der Waals surface area contributed by atoms with Gasteiger partial charge < -0.3 is 5.32 Å². The zero-order valence-corrected chi connectivity index (χ0v) is 12.7. The lowest BCUT2D eigenvalue weighted by atomic mass is 10.0. The molecule has 0 aliphatic heterocycles. The molecule has 0 fully saturated rings. The number of anilines is 1. The number of carbonyl (C=O) groups is 2. The average molecular weight is 293 g/mol. The molecule has 0 saturated carbocycles. The second-order valence-corrected chi connectivity index (χ2v) is 5.82. The molecule has 0 spiro atoms. The van der Waals surface area contributed by atoms with Gasteiger partial charge in [0.05, 0.1) is 6.42 Å². The number of hydrogen-bond acceptors (Lipinski definition) is 2. The number of hydrogen-bond donors (Lipinski definition) is 1. The molecule has 1 aliphatic rings. The van der Waals surface area contributed by atoms with Crippen molar-refractivity contribution in [2.75, 3.05) is 5.32 Å². The minimum atomic E-state index is -0.0568. The van der Waals surface area contributed by atoms with Gasteiger partial charge in [-0.15, -0.1) is 0 Å². The van der Waals surface area contributed by atoms with Gasteiger partial charge in [0.15, 0.2) is 5.78 Å². The van der Waals surface area contributed by atoms with Crippen molar-refractivity contribution in [2.45, 2.75) is 32.6 Å². The van der Waals surface area contributed by atoms with Gasteiger partial charge in [0.1, 0.15) is 0 Å². The van der Waals surface area contributed by atoms with Crippen LogP contribution in [0.4, 0.5) is 5.69 Å². The molecule has 1 N–H and O–H groups in total. The molecule has 0 atom stereocenters. The Hall–Kier alpha value is -2.42. The van der Waals surface area contributed by atoms with Crippen LogP contribution in [0.15, 0.2) is 42.5 Å². The lowest BCUT2D eigenvalue weighted by Crippen LogP contribution is -2.14. The highest BCUT2D eigenvalue weighted by molar-refractivity contribution is 5.97. The van der Waals surface area contributed by atoms with E-state index < -0.39 is 0 Å². The number of ketones is 1. The maximum Gasteiger partial charge on any atom is 0.228 e. The Kier molecular flexibility index (Phi) is 4.05. The second kappa shape index (κ2) is 6.14. The summed E-state index contributed by atoms with van der Waals surface area (Å²) in [6.45, 7) is 1.52. The topological polar surface area (TPSA) is 46.2 Å². The summed E-state index contributed by atoms with van der Waals surface area (Å²) in [5.41, 5.74) is 5.11. The molecule has 1 aliphatic carbocycles. The molecule has 112 valence electrons. The van der Waals surface area contributed by atoms with Crippen LogP contribution in [0.1, 0.15) is 40.4 Å². The van der Waals surface area contributed by atoms with Crippen molar-refractivity contribution in [1.29, 1.82) is 0 Å². The Morgan fingerprint density at radius 2 is 1.86 bits per heavy atom. The van der Waals surface area contributed by atoms with Crippen LogP contribution < -0.4 is 5.32 Å². The van der Waals surface area contributed by atoms with E-state index in [9.17, 15) is 9.59 Å². The fraction of sp³-hybridized carbons (Fsp3) is 0.263. The minimum absolute atomic E-state index is 0.00489. The third-order valence-corrected chi connectivity index (χ3v) is 4.08. The first-order valence-corrected chi connectivity index (χ1v) is 7.63. The second-order valence-electron chi connectivity index (χ2n) is 5.82. The maximum atomic E-state index is 12.2. The number of carbonyl (C=O) groups excluding carboxylic acids is 2. The summed E-state index contributed by atoms with van der Waals surface area (Å²) >= 11 is 0. The number of fused-ring (bicyclic) bond motifs is 1. The summed E-state index contributed by atoms with van der Waals surface area (Å²) in [4.78, 5) is 23.5. The highest BCUT2D eigenvalue weighted by Crippen LogP contribution is 2.23. The SMILES string of the molecule is CC(=O)c1cccc(NC(=O)Cc2ccc3c(c2)CCC3)c1. The summed E-state index contributed by atoms with van der Waals surface area (Å²) in [7, 11) is 0. The first-order valence-electron chi connectivity index (χ1n) is 7.63. The van der Waals surface area contributed by atoms with Crippen LogP contribution in [-0.4, -0.2) is 11.7 Å². The smallest absolute Gasteiger partial charge is 0.228 e. The summed E-state index contributed by atoms with van der Waals surface area (Å²) in [6.07, 6.45) is 3.84. The van der Waals surface area contributed by atoms with E-state index in [-0.39, 0.29) is 11.7 Å². The van der Waals surface area contributed by atoms with Crippen LogP contribution in [-0.2, 0) is 24.1 Å². The predicted octanol–water partition coefficient (Wildman–Crippen LogP) is 3.56. The van der Waals surface area contributed by atoms with E-state index >= 15 is 0 Å². The lowest BCUT2D eigenvalue weighted by Gasteiger charge is -2.08. The zero-order chi connectivity index (χ0) is 15.5. The molecular formula is C19H19NO2. The van der Waals surface area contributed by atoms with E-state index in [1.165, 1.54) is 24.5 Å². The number of rotatable bonds is 4. The van der Waals surface area contributed by atoms with Crippen molar-refractivity contribution in [3.63, 3.8) is 0 Å². The van der Waals surface area contributed by atoms with E-state index in [1.54, 1.807) is 24.3 Å². The van der Waals surface area contributed by atoms with Crippen molar-refractivity contribution in [3.8, 4) is 0 Å². The largest absolute Gasteiger partial charge is 0.326 e. The van der Waals surface area contributed by atoms with Crippen molar-refractivity contribution < 1.29 is 9.59 Å². The number of aryl methyl sites for hydroxylation is 2. The highest BCUT2D eigenvalue weighted by atomic mass is 16.1. The Bertz CT molecular complexity index is 734. The number of Topliss-reactive ketones (excluding diaryl/α,β-unsaturated/α-hetero) is 1. The summed E-state index contributed by atoms with van der Waals surface area (Å²) in [6, 6.07) is 13.4. The molecule has 0 aromatic heterocycles. The highest BCUT2D eigenvalue weighted by Gasteiger charge is 2.12. The first-order chi connectivity index (χ1) is 10.6. The molecule has 0 bridgehead atoms. The van der Waals surface area contributed by atoms with Crippen LogP contribution in [0.3, 0.4) is 0 Å². The Balaban J connectivity index is 1.67. The number of nitrogens with one attached hydrogen (secondary N) is 1. The van der Waals surface area contributed by atoms with Gasteiger partial charge in [0.25, 0.3) is 0 Å². The van der Waals surface area contributed by atoms with E-state index in [4.69, 9.17) is 0 Å². The molecule has 2 aromatic carbocycles. The maximum absolute atomic E-state index is 12.2. The fourth-order valence-corrected chi connectivity index (χ4v) is 2.94. The molecular weight excluding hydrogens is 274 g/mol. The fourth-order valence-electron chi connectivity index (χ4n) is 2.94. The van der Waals surface area contributed by atoms with Crippen LogP contribution in [0.2, 0.25) is 0 Å². The molecule has 3 nitrogen and oxygen atoms in total. The molecule has 3 rings (SSSR count). The predicted molar refractivity (Wildman–Crippen MR) is 87.2 cm³/mol. The van der Waals surface area contributed by atoms with Crippen LogP contribution in [0, 0.1) is 0 Å². The van der Waals surface area contributed by atoms with Gasteiger partial charge in [-0.2, -0.15) is 0 Å². The van der Waals surface area contributed by atoms with E-state index in [1.807, 2.05) is 6.07 Å². The van der Waals surface area contributed by atoms with Crippen molar-refractivity contribution in [3.05, 3.63) is 64.7 Å². The Morgan fingerprint density at radius 3 is 2.68 bits per heavy atom. The molecule has 0 heterocycles.